The fourth-order valence-corrected chi connectivity index (χ4v) is 5.32. The van der Waals surface area contributed by atoms with Crippen molar-refractivity contribution < 1.29 is 9.90 Å². The molecule has 3 atom stereocenters. The van der Waals surface area contributed by atoms with Gasteiger partial charge >= 0.3 is 0 Å². The molecule has 0 radical (unpaired) electrons. The third-order valence-corrected chi connectivity index (χ3v) is 6.33. The van der Waals surface area contributed by atoms with Gasteiger partial charge in [0.15, 0.2) is 0 Å². The van der Waals surface area contributed by atoms with Gasteiger partial charge in [0.1, 0.15) is 5.78 Å². The van der Waals surface area contributed by atoms with E-state index in [0.717, 1.165) is 25.7 Å². The summed E-state index contributed by atoms with van der Waals surface area (Å²) in [5, 5.41) is 9.87. The van der Waals surface area contributed by atoms with E-state index in [1.54, 1.807) is 5.57 Å². The standard InChI is InChI=1S/C17H26O2/c1-16(11-18)8-3-9-17(2)14-6-5-13(19)10-12(14)4-7-15(16)17/h15,18H,3-11H2,1-2H3/t15-,16+,17+/m0/s1. The molecular formula is C17H26O2. The van der Waals surface area contributed by atoms with Crippen LogP contribution in [0.3, 0.4) is 0 Å². The van der Waals surface area contributed by atoms with Crippen molar-refractivity contribution in [1.82, 2.24) is 0 Å². The van der Waals surface area contributed by atoms with Crippen molar-refractivity contribution >= 4 is 5.78 Å². The minimum absolute atomic E-state index is 0.0903. The summed E-state index contributed by atoms with van der Waals surface area (Å²) in [7, 11) is 0. The normalized spacial score (nSPS) is 42.9. The smallest absolute Gasteiger partial charge is 0.137 e. The van der Waals surface area contributed by atoms with Crippen molar-refractivity contribution in [2.75, 3.05) is 6.61 Å². The maximum absolute atomic E-state index is 11.7. The van der Waals surface area contributed by atoms with Gasteiger partial charge in [0.25, 0.3) is 0 Å². The predicted octanol–water partition coefficient (Wildman–Crippen LogP) is 3.63. The second-order valence-corrected chi connectivity index (χ2v) is 7.47. The molecule has 1 N–H and O–H groups in total. The summed E-state index contributed by atoms with van der Waals surface area (Å²) < 4.78 is 0. The van der Waals surface area contributed by atoms with E-state index in [4.69, 9.17) is 0 Å². The highest BCUT2D eigenvalue weighted by Crippen LogP contribution is 2.61. The molecule has 0 spiro atoms. The van der Waals surface area contributed by atoms with Crippen LogP contribution in [0.1, 0.15) is 65.2 Å². The number of aliphatic hydroxyl groups is 1. The lowest BCUT2D eigenvalue weighted by Gasteiger charge is -2.56. The predicted molar refractivity (Wildman–Crippen MR) is 75.8 cm³/mol. The summed E-state index contributed by atoms with van der Waals surface area (Å²) >= 11 is 0. The van der Waals surface area contributed by atoms with Crippen LogP contribution in [0.15, 0.2) is 11.1 Å². The summed E-state index contributed by atoms with van der Waals surface area (Å²) in [6, 6.07) is 0. The summed E-state index contributed by atoms with van der Waals surface area (Å²) in [4.78, 5) is 11.7. The molecule has 2 nitrogen and oxygen atoms in total. The van der Waals surface area contributed by atoms with Crippen LogP contribution in [0.2, 0.25) is 0 Å². The lowest BCUT2D eigenvalue weighted by Crippen LogP contribution is -2.49. The number of carbonyl (C=O) groups excluding carboxylic acids is 1. The minimum Gasteiger partial charge on any atom is -0.396 e. The van der Waals surface area contributed by atoms with E-state index in [-0.39, 0.29) is 10.8 Å². The Hall–Kier alpha value is -0.630. The van der Waals surface area contributed by atoms with E-state index in [0.29, 0.717) is 24.7 Å². The number of aliphatic hydroxyl groups excluding tert-OH is 1. The largest absolute Gasteiger partial charge is 0.396 e. The first-order valence-electron chi connectivity index (χ1n) is 7.83. The molecule has 0 aromatic heterocycles. The highest BCUT2D eigenvalue weighted by Gasteiger charge is 2.52. The zero-order chi connectivity index (χ0) is 13.7. The van der Waals surface area contributed by atoms with Gasteiger partial charge in [-0.15, -0.1) is 0 Å². The topological polar surface area (TPSA) is 37.3 Å². The van der Waals surface area contributed by atoms with Crippen LogP contribution in [-0.2, 0) is 4.79 Å². The SMILES string of the molecule is C[C@]1(CO)CCC[C@]2(C)C3=C(CC[C@@H]12)CC(=O)CC3. The minimum atomic E-state index is 0.0903. The van der Waals surface area contributed by atoms with Gasteiger partial charge in [-0.05, 0) is 48.9 Å². The third-order valence-electron chi connectivity index (χ3n) is 6.33. The van der Waals surface area contributed by atoms with Crippen molar-refractivity contribution in [3.05, 3.63) is 11.1 Å². The Morgan fingerprint density at radius 1 is 1.21 bits per heavy atom. The van der Waals surface area contributed by atoms with E-state index in [1.165, 1.54) is 24.8 Å². The first-order valence-corrected chi connectivity index (χ1v) is 7.83. The van der Waals surface area contributed by atoms with Crippen molar-refractivity contribution in [2.45, 2.75) is 65.2 Å². The summed E-state index contributed by atoms with van der Waals surface area (Å²) in [5.41, 5.74) is 3.40. The van der Waals surface area contributed by atoms with Gasteiger partial charge in [-0.2, -0.15) is 0 Å². The van der Waals surface area contributed by atoms with Gasteiger partial charge in [0, 0.05) is 19.4 Å². The van der Waals surface area contributed by atoms with Crippen LogP contribution in [0.25, 0.3) is 0 Å². The second kappa shape index (κ2) is 4.44. The summed E-state index contributed by atoms with van der Waals surface area (Å²) in [5.74, 6) is 1.03. The Balaban J connectivity index is 2.01. The molecule has 3 aliphatic carbocycles. The molecule has 0 bridgehead atoms. The number of hydrogen-bond donors (Lipinski definition) is 1. The first-order chi connectivity index (χ1) is 8.99. The van der Waals surface area contributed by atoms with E-state index >= 15 is 0 Å². The molecule has 0 aliphatic heterocycles. The molecule has 1 saturated carbocycles. The highest BCUT2D eigenvalue weighted by molar-refractivity contribution is 5.83. The molecule has 0 unspecified atom stereocenters. The van der Waals surface area contributed by atoms with Gasteiger partial charge in [-0.3, -0.25) is 4.79 Å². The van der Waals surface area contributed by atoms with Crippen LogP contribution in [0.4, 0.5) is 0 Å². The van der Waals surface area contributed by atoms with Gasteiger partial charge in [0.05, 0.1) is 0 Å². The number of rotatable bonds is 1. The van der Waals surface area contributed by atoms with E-state index in [1.807, 2.05) is 0 Å². The van der Waals surface area contributed by atoms with Crippen LogP contribution in [0, 0.1) is 16.7 Å². The van der Waals surface area contributed by atoms with Crippen molar-refractivity contribution in [3.8, 4) is 0 Å². The van der Waals surface area contributed by atoms with E-state index in [9.17, 15) is 9.90 Å². The summed E-state index contributed by atoms with van der Waals surface area (Å²) in [6.45, 7) is 5.00. The quantitative estimate of drug-likeness (QED) is 0.733. The fourth-order valence-electron chi connectivity index (χ4n) is 5.32. The van der Waals surface area contributed by atoms with Gasteiger partial charge in [0.2, 0.25) is 0 Å². The van der Waals surface area contributed by atoms with E-state index in [2.05, 4.69) is 13.8 Å². The van der Waals surface area contributed by atoms with Crippen molar-refractivity contribution in [1.29, 1.82) is 0 Å². The molecule has 3 aliphatic rings. The number of Topliss-reactive ketones (excluding diaryl/α,β-unsaturated/α-hetero) is 1. The second-order valence-electron chi connectivity index (χ2n) is 7.47. The fraction of sp³-hybridized carbons (Fsp3) is 0.824. The molecule has 0 saturated heterocycles. The maximum Gasteiger partial charge on any atom is 0.137 e. The highest BCUT2D eigenvalue weighted by atomic mass is 16.3. The van der Waals surface area contributed by atoms with Gasteiger partial charge in [-0.1, -0.05) is 31.4 Å². The molecule has 1 fully saturated rings. The van der Waals surface area contributed by atoms with Crippen LogP contribution in [-0.4, -0.2) is 17.5 Å². The number of allylic oxidation sites excluding steroid dienone is 2. The average Bonchev–Trinajstić information content (AvgIpc) is 2.38. The van der Waals surface area contributed by atoms with E-state index < -0.39 is 0 Å². The number of ketones is 1. The summed E-state index contributed by atoms with van der Waals surface area (Å²) in [6.07, 6.45) is 8.34. The Morgan fingerprint density at radius 2 is 2.00 bits per heavy atom. The Bertz CT molecular complexity index is 437. The zero-order valence-electron chi connectivity index (χ0n) is 12.3. The van der Waals surface area contributed by atoms with Crippen LogP contribution >= 0.6 is 0 Å². The monoisotopic (exact) mass is 262 g/mol. The Kier molecular flexibility index (Phi) is 3.12. The third kappa shape index (κ3) is 1.91. The molecule has 2 heteroatoms. The molecule has 0 aromatic carbocycles. The zero-order valence-corrected chi connectivity index (χ0v) is 12.3. The number of carbonyl (C=O) groups is 1. The van der Waals surface area contributed by atoms with Crippen LogP contribution < -0.4 is 0 Å². The van der Waals surface area contributed by atoms with Gasteiger partial charge < -0.3 is 5.11 Å². The first kappa shape index (κ1) is 13.4. The molecule has 0 aromatic rings. The van der Waals surface area contributed by atoms with Crippen molar-refractivity contribution in [3.63, 3.8) is 0 Å². The maximum atomic E-state index is 11.7. The lowest BCUT2D eigenvalue weighted by molar-refractivity contribution is -0.119. The Morgan fingerprint density at radius 3 is 2.74 bits per heavy atom. The number of fused-ring (bicyclic) bond motifs is 2. The average molecular weight is 262 g/mol. The Labute approximate surface area is 116 Å². The molecule has 0 heterocycles. The van der Waals surface area contributed by atoms with Crippen molar-refractivity contribution in [2.24, 2.45) is 16.7 Å². The lowest BCUT2D eigenvalue weighted by atomic mass is 9.48. The molecule has 0 amide bonds. The molecular weight excluding hydrogens is 236 g/mol. The molecule has 19 heavy (non-hydrogen) atoms. The number of hydrogen-bond acceptors (Lipinski definition) is 2. The van der Waals surface area contributed by atoms with Crippen LogP contribution in [0.5, 0.6) is 0 Å². The molecule has 106 valence electrons. The molecule has 3 rings (SSSR count). The van der Waals surface area contributed by atoms with Gasteiger partial charge in [-0.25, -0.2) is 0 Å².